The monoisotopic (exact) mass is 414 g/mol. The predicted octanol–water partition coefficient (Wildman–Crippen LogP) is 3.16. The number of hydrogen-bond acceptors (Lipinski definition) is 5. The SMILES string of the molecule is CCOC(=O)CC1CCN(C(=O)N2CCC3(CC2)CCN(c2ccncc2)C3)CC1. The van der Waals surface area contributed by atoms with Gasteiger partial charge >= 0.3 is 12.0 Å². The van der Waals surface area contributed by atoms with Gasteiger partial charge in [0.05, 0.1) is 6.61 Å². The third-order valence-electron chi connectivity index (χ3n) is 7.21. The Balaban J connectivity index is 1.23. The van der Waals surface area contributed by atoms with Gasteiger partial charge in [-0.25, -0.2) is 4.79 Å². The molecule has 7 heteroatoms. The number of nitrogens with zero attached hydrogens (tertiary/aromatic N) is 4. The van der Waals surface area contributed by atoms with E-state index in [2.05, 4.69) is 22.0 Å². The molecule has 1 spiro atoms. The first-order chi connectivity index (χ1) is 14.6. The number of carbonyl (C=O) groups excluding carboxylic acids is 2. The smallest absolute Gasteiger partial charge is 0.319 e. The highest BCUT2D eigenvalue weighted by Crippen LogP contribution is 2.42. The lowest BCUT2D eigenvalue weighted by Crippen LogP contribution is -2.51. The van der Waals surface area contributed by atoms with E-state index in [1.54, 1.807) is 0 Å². The van der Waals surface area contributed by atoms with Gasteiger partial charge in [0.25, 0.3) is 0 Å². The molecule has 3 aliphatic rings. The van der Waals surface area contributed by atoms with Crippen LogP contribution in [0.15, 0.2) is 24.5 Å². The van der Waals surface area contributed by atoms with E-state index in [-0.39, 0.29) is 12.0 Å². The van der Waals surface area contributed by atoms with Gasteiger partial charge in [0.15, 0.2) is 0 Å². The highest BCUT2D eigenvalue weighted by atomic mass is 16.5. The third kappa shape index (κ3) is 4.71. The van der Waals surface area contributed by atoms with Gasteiger partial charge in [-0.1, -0.05) is 0 Å². The molecule has 0 N–H and O–H groups in total. The van der Waals surface area contributed by atoms with Crippen molar-refractivity contribution in [3.63, 3.8) is 0 Å². The summed E-state index contributed by atoms with van der Waals surface area (Å²) in [6, 6.07) is 4.36. The van der Waals surface area contributed by atoms with Crippen LogP contribution in [0.3, 0.4) is 0 Å². The number of esters is 1. The Morgan fingerprint density at radius 1 is 1.03 bits per heavy atom. The minimum absolute atomic E-state index is 0.110. The quantitative estimate of drug-likeness (QED) is 0.708. The number of urea groups is 1. The molecule has 4 rings (SSSR count). The Morgan fingerprint density at radius 2 is 1.67 bits per heavy atom. The number of likely N-dealkylation sites (tertiary alicyclic amines) is 2. The van der Waals surface area contributed by atoms with Crippen molar-refractivity contribution in [2.75, 3.05) is 50.8 Å². The van der Waals surface area contributed by atoms with E-state index in [4.69, 9.17) is 4.74 Å². The maximum atomic E-state index is 13.0. The number of hydrogen-bond donors (Lipinski definition) is 0. The lowest BCUT2D eigenvalue weighted by molar-refractivity contribution is -0.144. The molecule has 3 fully saturated rings. The summed E-state index contributed by atoms with van der Waals surface area (Å²) in [5, 5.41) is 0. The van der Waals surface area contributed by atoms with Crippen LogP contribution in [0.5, 0.6) is 0 Å². The molecule has 7 nitrogen and oxygen atoms in total. The number of anilines is 1. The van der Waals surface area contributed by atoms with E-state index in [1.807, 2.05) is 29.1 Å². The zero-order valence-electron chi connectivity index (χ0n) is 18.1. The topological polar surface area (TPSA) is 66.0 Å². The summed E-state index contributed by atoms with van der Waals surface area (Å²) in [5.74, 6) is 0.233. The first kappa shape index (κ1) is 20.9. The van der Waals surface area contributed by atoms with Gasteiger partial charge in [-0.15, -0.1) is 0 Å². The Bertz CT molecular complexity index is 725. The number of piperidine rings is 2. The van der Waals surface area contributed by atoms with E-state index in [1.165, 1.54) is 12.1 Å². The first-order valence-corrected chi connectivity index (χ1v) is 11.4. The maximum Gasteiger partial charge on any atom is 0.319 e. The zero-order valence-corrected chi connectivity index (χ0v) is 18.1. The molecule has 0 atom stereocenters. The molecule has 4 heterocycles. The molecule has 1 aromatic heterocycles. The second-order valence-corrected chi connectivity index (χ2v) is 9.09. The van der Waals surface area contributed by atoms with Crippen LogP contribution in [-0.4, -0.2) is 72.7 Å². The van der Waals surface area contributed by atoms with Gasteiger partial charge in [-0.2, -0.15) is 0 Å². The van der Waals surface area contributed by atoms with Crippen molar-refractivity contribution in [3.05, 3.63) is 24.5 Å². The van der Waals surface area contributed by atoms with Crippen molar-refractivity contribution >= 4 is 17.7 Å². The Kier molecular flexibility index (Phi) is 6.44. The van der Waals surface area contributed by atoms with E-state index in [0.717, 1.165) is 65.0 Å². The number of ether oxygens (including phenoxy) is 1. The predicted molar refractivity (Wildman–Crippen MR) is 115 cm³/mol. The number of amides is 2. The second-order valence-electron chi connectivity index (χ2n) is 9.09. The molecule has 1 aromatic rings. The van der Waals surface area contributed by atoms with Crippen molar-refractivity contribution < 1.29 is 14.3 Å². The molecule has 0 bridgehead atoms. The Labute approximate surface area is 179 Å². The van der Waals surface area contributed by atoms with Crippen LogP contribution in [0.1, 0.15) is 45.4 Å². The molecule has 0 aliphatic carbocycles. The molecular formula is C23H34N4O3. The molecule has 0 radical (unpaired) electrons. The summed E-state index contributed by atoms with van der Waals surface area (Å²) in [5.41, 5.74) is 1.60. The molecule has 0 saturated carbocycles. The molecule has 0 aromatic carbocycles. The zero-order chi connectivity index (χ0) is 21.0. The van der Waals surface area contributed by atoms with Crippen LogP contribution < -0.4 is 4.90 Å². The molecule has 3 saturated heterocycles. The van der Waals surface area contributed by atoms with Gasteiger partial charge < -0.3 is 19.4 Å². The number of carbonyl (C=O) groups is 2. The summed E-state index contributed by atoms with van der Waals surface area (Å²) < 4.78 is 5.06. The van der Waals surface area contributed by atoms with Crippen LogP contribution in [0, 0.1) is 11.3 Å². The average molecular weight is 415 g/mol. The lowest BCUT2D eigenvalue weighted by Gasteiger charge is -2.42. The van der Waals surface area contributed by atoms with Gasteiger partial charge in [-0.3, -0.25) is 9.78 Å². The van der Waals surface area contributed by atoms with Gasteiger partial charge in [0, 0.05) is 63.8 Å². The molecule has 2 amide bonds. The number of pyridine rings is 1. The molecule has 3 aliphatic heterocycles. The minimum atomic E-state index is -0.110. The van der Waals surface area contributed by atoms with E-state index >= 15 is 0 Å². The van der Waals surface area contributed by atoms with Gasteiger partial charge in [0.2, 0.25) is 0 Å². The van der Waals surface area contributed by atoms with E-state index in [9.17, 15) is 9.59 Å². The Hall–Kier alpha value is -2.31. The summed E-state index contributed by atoms with van der Waals surface area (Å²) in [6.45, 7) is 7.65. The highest BCUT2D eigenvalue weighted by molar-refractivity contribution is 5.75. The minimum Gasteiger partial charge on any atom is -0.466 e. The van der Waals surface area contributed by atoms with Crippen molar-refractivity contribution in [3.8, 4) is 0 Å². The fourth-order valence-electron chi connectivity index (χ4n) is 5.27. The van der Waals surface area contributed by atoms with Crippen LogP contribution in [0.25, 0.3) is 0 Å². The van der Waals surface area contributed by atoms with Crippen LogP contribution in [-0.2, 0) is 9.53 Å². The fourth-order valence-corrected chi connectivity index (χ4v) is 5.27. The number of aromatic nitrogens is 1. The summed E-state index contributed by atoms with van der Waals surface area (Å²) in [6.07, 6.45) is 9.35. The van der Waals surface area contributed by atoms with Crippen molar-refractivity contribution in [1.82, 2.24) is 14.8 Å². The van der Waals surface area contributed by atoms with Gasteiger partial charge in [-0.05, 0) is 62.5 Å². The first-order valence-electron chi connectivity index (χ1n) is 11.4. The maximum absolute atomic E-state index is 13.0. The normalized spacial score (nSPS) is 21.8. The lowest BCUT2D eigenvalue weighted by atomic mass is 9.78. The third-order valence-corrected chi connectivity index (χ3v) is 7.21. The summed E-state index contributed by atoms with van der Waals surface area (Å²) in [4.78, 5) is 35.3. The molecular weight excluding hydrogens is 380 g/mol. The fraction of sp³-hybridized carbons (Fsp3) is 0.696. The average Bonchev–Trinajstić information content (AvgIpc) is 3.19. The van der Waals surface area contributed by atoms with Crippen LogP contribution >= 0.6 is 0 Å². The number of rotatable bonds is 4. The molecule has 0 unspecified atom stereocenters. The molecule has 30 heavy (non-hydrogen) atoms. The summed E-state index contributed by atoms with van der Waals surface area (Å²) >= 11 is 0. The molecule has 164 valence electrons. The van der Waals surface area contributed by atoms with Crippen molar-refractivity contribution in [2.45, 2.75) is 45.4 Å². The van der Waals surface area contributed by atoms with Crippen molar-refractivity contribution in [2.24, 2.45) is 11.3 Å². The van der Waals surface area contributed by atoms with Crippen molar-refractivity contribution in [1.29, 1.82) is 0 Å². The Morgan fingerprint density at radius 3 is 2.33 bits per heavy atom. The van der Waals surface area contributed by atoms with E-state index in [0.29, 0.717) is 24.4 Å². The van der Waals surface area contributed by atoms with E-state index < -0.39 is 0 Å². The van der Waals surface area contributed by atoms with Crippen LogP contribution in [0.4, 0.5) is 10.5 Å². The standard InChI is InChI=1S/C23H34N4O3/c1-2-30-21(28)17-19-5-12-25(13-6-19)22(29)26-14-7-23(8-15-26)9-16-27(18-23)20-3-10-24-11-4-20/h3-4,10-11,19H,2,5-9,12-18H2,1H3. The second kappa shape index (κ2) is 9.23. The van der Waals surface area contributed by atoms with Crippen LogP contribution in [0.2, 0.25) is 0 Å². The van der Waals surface area contributed by atoms with Gasteiger partial charge in [0.1, 0.15) is 0 Å². The summed E-state index contributed by atoms with van der Waals surface area (Å²) in [7, 11) is 0. The highest BCUT2D eigenvalue weighted by Gasteiger charge is 2.42. The largest absolute Gasteiger partial charge is 0.466 e.